The summed E-state index contributed by atoms with van der Waals surface area (Å²) in [6, 6.07) is 4.77. The molecule has 0 aliphatic carbocycles. The summed E-state index contributed by atoms with van der Waals surface area (Å²) >= 11 is 0. The van der Waals surface area contributed by atoms with Gasteiger partial charge in [-0.3, -0.25) is 15.0 Å². The molecule has 2 saturated heterocycles. The van der Waals surface area contributed by atoms with E-state index in [1.54, 1.807) is 0 Å². The summed E-state index contributed by atoms with van der Waals surface area (Å²) < 4.78 is 27.9. The molecule has 0 unspecified atom stereocenters. The van der Waals surface area contributed by atoms with Gasteiger partial charge in [0.15, 0.2) is 0 Å². The molecule has 2 fully saturated rings. The van der Waals surface area contributed by atoms with Crippen LogP contribution in [-0.2, 0) is 10.0 Å². The summed E-state index contributed by atoms with van der Waals surface area (Å²) in [5.41, 5.74) is 0.390. The van der Waals surface area contributed by atoms with Crippen molar-refractivity contribution in [2.45, 2.75) is 30.2 Å². The van der Waals surface area contributed by atoms with Crippen LogP contribution in [0.4, 0.5) is 5.69 Å². The number of nitrogens with one attached hydrogen (secondary N) is 1. The molecular weight excluding hydrogens is 394 g/mol. The van der Waals surface area contributed by atoms with E-state index in [1.807, 2.05) is 0 Å². The Kier molecular flexibility index (Phi) is 5.60. The fourth-order valence-electron chi connectivity index (χ4n) is 4.38. The molecule has 0 spiro atoms. The van der Waals surface area contributed by atoms with Crippen LogP contribution in [0.25, 0.3) is 10.9 Å². The highest BCUT2D eigenvalue weighted by atomic mass is 32.2. The summed E-state index contributed by atoms with van der Waals surface area (Å²) in [7, 11) is -1.48. The summed E-state index contributed by atoms with van der Waals surface area (Å²) in [5, 5.41) is 11.4. The number of fused-ring (bicyclic) bond motifs is 1. The number of hydrogen-bond acceptors (Lipinski definition) is 6. The second-order valence-corrected chi connectivity index (χ2v) is 9.88. The highest BCUT2D eigenvalue weighted by Gasteiger charge is 2.32. The Morgan fingerprint density at radius 1 is 1.17 bits per heavy atom. The van der Waals surface area contributed by atoms with E-state index in [1.165, 1.54) is 48.0 Å². The van der Waals surface area contributed by atoms with Crippen LogP contribution in [0.5, 0.6) is 0 Å². The SMILES string of the molecule is CN1CCCC[C@@H]1CN1CCN(S(=O)(=O)c2c[nH]c3cc([N+](=O)[O-])ccc23)CC1. The van der Waals surface area contributed by atoms with Crippen LogP contribution in [0.1, 0.15) is 19.3 Å². The molecule has 2 aliphatic rings. The number of aromatic nitrogens is 1. The average molecular weight is 422 g/mol. The van der Waals surface area contributed by atoms with Gasteiger partial charge in [-0.1, -0.05) is 6.42 Å². The molecule has 3 heterocycles. The number of nitrogens with zero attached hydrogens (tertiary/aromatic N) is 4. The monoisotopic (exact) mass is 421 g/mol. The summed E-state index contributed by atoms with van der Waals surface area (Å²) in [6.07, 6.45) is 5.17. The number of nitro benzene ring substituents is 1. The van der Waals surface area contributed by atoms with E-state index >= 15 is 0 Å². The minimum absolute atomic E-state index is 0.0652. The van der Waals surface area contributed by atoms with E-state index in [4.69, 9.17) is 0 Å². The van der Waals surface area contributed by atoms with Gasteiger partial charge in [0.1, 0.15) is 4.90 Å². The van der Waals surface area contributed by atoms with Gasteiger partial charge in [0, 0.05) is 62.5 Å². The first-order valence-corrected chi connectivity index (χ1v) is 11.5. The number of benzene rings is 1. The van der Waals surface area contributed by atoms with Crippen molar-refractivity contribution in [3.05, 3.63) is 34.5 Å². The maximum atomic E-state index is 13.2. The van der Waals surface area contributed by atoms with E-state index in [2.05, 4.69) is 21.8 Å². The van der Waals surface area contributed by atoms with Gasteiger partial charge in [-0.25, -0.2) is 8.42 Å². The number of nitro groups is 1. The fourth-order valence-corrected chi connectivity index (χ4v) is 5.96. The first-order valence-electron chi connectivity index (χ1n) is 10.0. The van der Waals surface area contributed by atoms with Crippen molar-refractivity contribution in [3.8, 4) is 0 Å². The van der Waals surface area contributed by atoms with E-state index in [0.29, 0.717) is 30.0 Å². The summed E-state index contributed by atoms with van der Waals surface area (Å²) in [6.45, 7) is 4.48. The number of piperazine rings is 1. The fraction of sp³-hybridized carbons (Fsp3) is 0.579. The number of H-pyrrole nitrogens is 1. The van der Waals surface area contributed by atoms with Crippen LogP contribution in [-0.4, -0.2) is 84.8 Å². The van der Waals surface area contributed by atoms with Gasteiger partial charge >= 0.3 is 0 Å². The number of non-ortho nitro benzene ring substituents is 1. The number of sulfonamides is 1. The molecule has 1 aromatic heterocycles. The lowest BCUT2D eigenvalue weighted by Crippen LogP contribution is -2.52. The topological polar surface area (TPSA) is 103 Å². The van der Waals surface area contributed by atoms with E-state index < -0.39 is 14.9 Å². The van der Waals surface area contributed by atoms with Crippen LogP contribution in [0, 0.1) is 10.1 Å². The molecule has 10 heteroatoms. The van der Waals surface area contributed by atoms with E-state index in [9.17, 15) is 18.5 Å². The Balaban J connectivity index is 1.45. The van der Waals surface area contributed by atoms with Crippen molar-refractivity contribution in [1.82, 2.24) is 19.1 Å². The molecule has 9 nitrogen and oxygen atoms in total. The molecule has 2 aromatic rings. The Labute approximate surface area is 170 Å². The maximum Gasteiger partial charge on any atom is 0.271 e. The molecule has 4 rings (SSSR count). The highest BCUT2D eigenvalue weighted by molar-refractivity contribution is 7.89. The molecule has 0 radical (unpaired) electrons. The van der Waals surface area contributed by atoms with Gasteiger partial charge < -0.3 is 9.88 Å². The zero-order chi connectivity index (χ0) is 20.6. The largest absolute Gasteiger partial charge is 0.360 e. The summed E-state index contributed by atoms with van der Waals surface area (Å²) in [5.74, 6) is 0. The number of likely N-dealkylation sites (N-methyl/N-ethyl adjacent to an activating group) is 1. The highest BCUT2D eigenvalue weighted by Crippen LogP contribution is 2.29. The van der Waals surface area contributed by atoms with Crippen molar-refractivity contribution in [3.63, 3.8) is 0 Å². The number of piperidine rings is 1. The second-order valence-electron chi connectivity index (χ2n) is 7.97. The minimum Gasteiger partial charge on any atom is -0.360 e. The Hall–Kier alpha value is -2.01. The summed E-state index contributed by atoms with van der Waals surface area (Å²) in [4.78, 5) is 18.3. The molecule has 0 saturated carbocycles. The lowest BCUT2D eigenvalue weighted by Gasteiger charge is -2.39. The van der Waals surface area contributed by atoms with Gasteiger partial charge in [-0.05, 0) is 32.5 Å². The predicted molar refractivity (Wildman–Crippen MR) is 110 cm³/mol. The van der Waals surface area contributed by atoms with E-state index in [0.717, 1.165) is 26.2 Å². The van der Waals surface area contributed by atoms with Gasteiger partial charge in [0.05, 0.1) is 10.4 Å². The Bertz CT molecular complexity index is 997. The molecule has 1 aromatic carbocycles. The molecule has 29 heavy (non-hydrogen) atoms. The zero-order valence-corrected chi connectivity index (χ0v) is 17.4. The third-order valence-corrected chi connectivity index (χ3v) is 8.12. The van der Waals surface area contributed by atoms with Crippen LogP contribution >= 0.6 is 0 Å². The zero-order valence-electron chi connectivity index (χ0n) is 16.6. The molecule has 0 amide bonds. The minimum atomic E-state index is -3.65. The second kappa shape index (κ2) is 8.02. The van der Waals surface area contributed by atoms with E-state index in [-0.39, 0.29) is 10.6 Å². The van der Waals surface area contributed by atoms with Crippen molar-refractivity contribution in [2.24, 2.45) is 0 Å². The average Bonchev–Trinajstić information content (AvgIpc) is 3.14. The lowest BCUT2D eigenvalue weighted by atomic mass is 10.0. The smallest absolute Gasteiger partial charge is 0.271 e. The third-order valence-electron chi connectivity index (χ3n) is 6.18. The van der Waals surface area contributed by atoms with Gasteiger partial charge in [-0.2, -0.15) is 4.31 Å². The maximum absolute atomic E-state index is 13.2. The molecule has 1 N–H and O–H groups in total. The van der Waals surface area contributed by atoms with Crippen molar-refractivity contribution >= 4 is 26.6 Å². The number of rotatable bonds is 5. The van der Waals surface area contributed by atoms with Crippen LogP contribution in [0.3, 0.4) is 0 Å². The first-order chi connectivity index (χ1) is 13.9. The van der Waals surface area contributed by atoms with Crippen molar-refractivity contribution in [2.75, 3.05) is 46.3 Å². The van der Waals surface area contributed by atoms with Crippen molar-refractivity contribution in [1.29, 1.82) is 0 Å². The number of likely N-dealkylation sites (tertiary alicyclic amines) is 1. The Morgan fingerprint density at radius 3 is 2.62 bits per heavy atom. The van der Waals surface area contributed by atoms with Gasteiger partial charge in [0.2, 0.25) is 10.0 Å². The predicted octanol–water partition coefficient (Wildman–Crippen LogP) is 1.87. The standard InChI is InChI=1S/C19H27N5O4S/c1-21-7-3-2-4-16(21)14-22-8-10-23(11-9-22)29(27,28)19-13-20-18-12-15(24(25)26)5-6-17(18)19/h5-6,12-13,16,20H,2-4,7-11,14H2,1H3/t16-/m1/s1. The first kappa shape index (κ1) is 20.3. The third kappa shape index (κ3) is 4.02. The van der Waals surface area contributed by atoms with Crippen LogP contribution in [0.2, 0.25) is 0 Å². The lowest BCUT2D eigenvalue weighted by molar-refractivity contribution is -0.384. The quantitative estimate of drug-likeness (QED) is 0.584. The molecular formula is C19H27N5O4S. The van der Waals surface area contributed by atoms with Crippen LogP contribution < -0.4 is 0 Å². The van der Waals surface area contributed by atoms with Gasteiger partial charge in [-0.15, -0.1) is 0 Å². The van der Waals surface area contributed by atoms with Gasteiger partial charge in [0.25, 0.3) is 5.69 Å². The molecule has 1 atom stereocenters. The van der Waals surface area contributed by atoms with Crippen molar-refractivity contribution < 1.29 is 13.3 Å². The number of aromatic amines is 1. The Morgan fingerprint density at radius 2 is 1.93 bits per heavy atom. The normalized spacial score (nSPS) is 22.9. The molecule has 2 aliphatic heterocycles. The van der Waals surface area contributed by atoms with Crippen LogP contribution in [0.15, 0.2) is 29.3 Å². The molecule has 158 valence electrons. The molecule has 0 bridgehead atoms. The number of hydrogen-bond donors (Lipinski definition) is 1.